The van der Waals surface area contributed by atoms with Crippen molar-refractivity contribution in [2.45, 2.75) is 38.9 Å². The Kier molecular flexibility index (Phi) is 4.26. The summed E-state index contributed by atoms with van der Waals surface area (Å²) in [5.74, 6) is 0.889. The highest BCUT2D eigenvalue weighted by molar-refractivity contribution is 9.10. The van der Waals surface area contributed by atoms with Crippen LogP contribution in [0.5, 0.6) is 5.75 Å². The predicted molar refractivity (Wildman–Crippen MR) is 84.7 cm³/mol. The van der Waals surface area contributed by atoms with Gasteiger partial charge in [0.25, 0.3) is 0 Å². The second-order valence-corrected chi connectivity index (χ2v) is 6.26. The van der Waals surface area contributed by atoms with Crippen LogP contribution in [-0.4, -0.2) is 19.3 Å². The average Bonchev–Trinajstić information content (AvgIpc) is 2.61. The zero-order valence-corrected chi connectivity index (χ0v) is 13.9. The molecule has 0 aliphatic carbocycles. The van der Waals surface area contributed by atoms with Gasteiger partial charge in [-0.2, -0.15) is 13.5 Å². The van der Waals surface area contributed by atoms with Crippen LogP contribution in [0.25, 0.3) is 0 Å². The van der Waals surface area contributed by atoms with E-state index in [2.05, 4.69) is 22.9 Å². The first-order valence-electron chi connectivity index (χ1n) is 6.30. The Balaban J connectivity index is 0.00000133. The molecule has 0 radical (unpaired) electrons. The van der Waals surface area contributed by atoms with Crippen LogP contribution in [0, 0.1) is 0 Å². The third-order valence-corrected chi connectivity index (χ3v) is 4.10. The Morgan fingerprint density at radius 2 is 2.16 bits per heavy atom. The molecule has 2 aliphatic heterocycles. The molecule has 0 amide bonds. The summed E-state index contributed by atoms with van der Waals surface area (Å²) in [4.78, 5) is 0. The number of hydrogen-bond acceptors (Lipinski definition) is 3. The molecule has 3 rings (SSSR count). The maximum absolute atomic E-state index is 6.05. The van der Waals surface area contributed by atoms with E-state index < -0.39 is 0 Å². The van der Waals surface area contributed by atoms with Gasteiger partial charge in [0.1, 0.15) is 12.4 Å². The summed E-state index contributed by atoms with van der Waals surface area (Å²) in [6.07, 6.45) is 1.01. The number of hydrogen-bond donors (Lipinski definition) is 0. The van der Waals surface area contributed by atoms with Gasteiger partial charge < -0.3 is 14.0 Å². The second-order valence-electron chi connectivity index (χ2n) is 5.40. The molecule has 0 unspecified atom stereocenters. The molecule has 0 bridgehead atoms. The van der Waals surface area contributed by atoms with Crippen LogP contribution in [0.3, 0.4) is 0 Å². The van der Waals surface area contributed by atoms with Crippen molar-refractivity contribution >= 4 is 42.0 Å². The number of rotatable bonds is 1. The van der Waals surface area contributed by atoms with Crippen LogP contribution in [0.4, 0.5) is 0 Å². The lowest BCUT2D eigenvalue weighted by molar-refractivity contribution is 0.0268. The van der Waals surface area contributed by atoms with Gasteiger partial charge in [0.2, 0.25) is 0 Å². The fourth-order valence-corrected chi connectivity index (χ4v) is 3.13. The molecule has 1 aromatic rings. The standard InChI is InChI=1S/C13H16BBrO3.H2S/c1-4-9-11-8(15)5-6-10-12(11)14(17-9)18-13(2,3)7-16-10;/h5-6,9H,4,7H2,1-3H3;1H2/t9-;/m1./s1. The van der Waals surface area contributed by atoms with Crippen molar-refractivity contribution < 1.29 is 14.0 Å². The normalized spacial score (nSPS) is 23.2. The molecule has 6 heteroatoms. The molecule has 3 nitrogen and oxygen atoms in total. The maximum Gasteiger partial charge on any atom is 0.499 e. The largest absolute Gasteiger partial charge is 0.499 e. The van der Waals surface area contributed by atoms with Crippen LogP contribution in [0.2, 0.25) is 0 Å². The summed E-state index contributed by atoms with van der Waals surface area (Å²) < 4.78 is 19.0. The van der Waals surface area contributed by atoms with Crippen LogP contribution in [0.15, 0.2) is 16.6 Å². The fraction of sp³-hybridized carbons (Fsp3) is 0.538. The van der Waals surface area contributed by atoms with Crippen molar-refractivity contribution in [3.8, 4) is 5.75 Å². The van der Waals surface area contributed by atoms with Crippen LogP contribution < -0.4 is 10.2 Å². The molecule has 19 heavy (non-hydrogen) atoms. The maximum atomic E-state index is 6.05. The van der Waals surface area contributed by atoms with E-state index in [0.29, 0.717) is 6.61 Å². The Labute approximate surface area is 129 Å². The van der Waals surface area contributed by atoms with Crippen molar-refractivity contribution in [3.63, 3.8) is 0 Å². The van der Waals surface area contributed by atoms with Crippen molar-refractivity contribution in [3.05, 3.63) is 22.2 Å². The molecule has 0 aromatic heterocycles. The van der Waals surface area contributed by atoms with Gasteiger partial charge in [-0.15, -0.1) is 0 Å². The SMILES string of the molecule is CC[C@H]1OB2OC(C)(C)COc3ccc(Br)c1c32.S. The van der Waals surface area contributed by atoms with E-state index in [1.165, 1.54) is 5.56 Å². The minimum absolute atomic E-state index is 0. The Morgan fingerprint density at radius 3 is 2.84 bits per heavy atom. The smallest absolute Gasteiger partial charge is 0.491 e. The van der Waals surface area contributed by atoms with E-state index in [9.17, 15) is 0 Å². The van der Waals surface area contributed by atoms with Gasteiger partial charge in [0, 0.05) is 9.94 Å². The Bertz CT molecular complexity index is 495. The summed E-state index contributed by atoms with van der Waals surface area (Å²) in [6.45, 7) is 6.71. The quantitative estimate of drug-likeness (QED) is 0.733. The molecule has 0 fully saturated rings. The van der Waals surface area contributed by atoms with Crippen LogP contribution in [-0.2, 0) is 9.31 Å². The highest BCUT2D eigenvalue weighted by Crippen LogP contribution is 2.38. The molecule has 2 heterocycles. The first kappa shape index (κ1) is 15.2. The van der Waals surface area contributed by atoms with Gasteiger partial charge >= 0.3 is 7.12 Å². The summed E-state index contributed by atoms with van der Waals surface area (Å²) in [5, 5.41) is 0. The highest BCUT2D eigenvalue weighted by Gasteiger charge is 2.45. The lowest BCUT2D eigenvalue weighted by Gasteiger charge is -2.25. The van der Waals surface area contributed by atoms with Gasteiger partial charge in [0.05, 0.1) is 11.7 Å². The molecule has 1 aromatic carbocycles. The molecule has 2 aliphatic rings. The van der Waals surface area contributed by atoms with E-state index in [-0.39, 0.29) is 32.3 Å². The molecule has 1 atom stereocenters. The van der Waals surface area contributed by atoms with Gasteiger partial charge in [-0.05, 0) is 38.0 Å². The van der Waals surface area contributed by atoms with E-state index in [1.54, 1.807) is 0 Å². The first-order valence-corrected chi connectivity index (χ1v) is 7.09. The first-order chi connectivity index (χ1) is 8.52. The fourth-order valence-electron chi connectivity index (χ4n) is 2.53. The highest BCUT2D eigenvalue weighted by atomic mass is 79.9. The van der Waals surface area contributed by atoms with E-state index in [1.807, 2.05) is 26.0 Å². The predicted octanol–water partition coefficient (Wildman–Crippen LogP) is 2.93. The topological polar surface area (TPSA) is 27.7 Å². The summed E-state index contributed by atoms with van der Waals surface area (Å²) in [6, 6.07) is 4.02. The van der Waals surface area contributed by atoms with Gasteiger partial charge in [0.15, 0.2) is 0 Å². The Morgan fingerprint density at radius 1 is 1.42 bits per heavy atom. The van der Waals surface area contributed by atoms with E-state index in [0.717, 1.165) is 22.1 Å². The van der Waals surface area contributed by atoms with Crippen LogP contribution >= 0.6 is 29.4 Å². The monoisotopic (exact) mass is 344 g/mol. The molecule has 104 valence electrons. The minimum Gasteiger partial charge on any atom is -0.491 e. The van der Waals surface area contributed by atoms with Crippen molar-refractivity contribution in [1.82, 2.24) is 0 Å². The van der Waals surface area contributed by atoms with Crippen molar-refractivity contribution in [2.75, 3.05) is 6.61 Å². The number of halogens is 1. The average molecular weight is 345 g/mol. The minimum atomic E-state index is -0.337. The van der Waals surface area contributed by atoms with Crippen molar-refractivity contribution in [2.24, 2.45) is 0 Å². The third-order valence-electron chi connectivity index (χ3n) is 3.41. The van der Waals surface area contributed by atoms with Gasteiger partial charge in [-0.1, -0.05) is 22.9 Å². The molecule has 0 saturated carbocycles. The van der Waals surface area contributed by atoms with Gasteiger partial charge in [-0.3, -0.25) is 0 Å². The lowest BCUT2D eigenvalue weighted by Crippen LogP contribution is -2.40. The molecule has 0 N–H and O–H groups in total. The summed E-state index contributed by atoms with van der Waals surface area (Å²) in [7, 11) is -0.310. The third kappa shape index (κ3) is 2.56. The zero-order chi connectivity index (χ0) is 12.9. The lowest BCUT2D eigenvalue weighted by atomic mass is 9.77. The number of benzene rings is 1. The van der Waals surface area contributed by atoms with Crippen molar-refractivity contribution in [1.29, 1.82) is 0 Å². The second kappa shape index (κ2) is 5.32. The molecule has 0 spiro atoms. The summed E-state index contributed by atoms with van der Waals surface area (Å²) in [5.41, 5.74) is 1.90. The van der Waals surface area contributed by atoms with E-state index >= 15 is 0 Å². The summed E-state index contributed by atoms with van der Waals surface area (Å²) >= 11 is 3.61. The molecule has 0 saturated heterocycles. The van der Waals surface area contributed by atoms with Crippen LogP contribution in [0.1, 0.15) is 38.9 Å². The molecular weight excluding hydrogens is 327 g/mol. The number of ether oxygens (including phenoxy) is 1. The molecular formula is C13H18BBrO3S. The zero-order valence-electron chi connectivity index (χ0n) is 11.3. The van der Waals surface area contributed by atoms with E-state index in [4.69, 9.17) is 14.0 Å². The van der Waals surface area contributed by atoms with Gasteiger partial charge in [-0.25, -0.2) is 0 Å². The Hall–Kier alpha value is -0.165.